The summed E-state index contributed by atoms with van der Waals surface area (Å²) in [6, 6.07) is 3.00. The predicted octanol–water partition coefficient (Wildman–Crippen LogP) is 3.15. The standard InChI is InChI=1S/C14H17BrFNO2/c1-9-3-4-11(16)12(13(9)15)14(18)17-7-5-10(19-2)6-8-17/h3-4,10H,5-8H2,1-2H3. The van der Waals surface area contributed by atoms with Crippen molar-refractivity contribution in [1.29, 1.82) is 0 Å². The van der Waals surface area contributed by atoms with Gasteiger partial charge in [-0.1, -0.05) is 6.07 Å². The Morgan fingerprint density at radius 3 is 2.63 bits per heavy atom. The molecule has 0 N–H and O–H groups in total. The van der Waals surface area contributed by atoms with Crippen LogP contribution in [0.2, 0.25) is 0 Å². The summed E-state index contributed by atoms with van der Waals surface area (Å²) in [7, 11) is 1.68. The van der Waals surface area contributed by atoms with Crippen molar-refractivity contribution in [2.24, 2.45) is 0 Å². The maximum Gasteiger partial charge on any atom is 0.257 e. The monoisotopic (exact) mass is 329 g/mol. The van der Waals surface area contributed by atoms with Gasteiger partial charge in [-0.3, -0.25) is 4.79 Å². The van der Waals surface area contributed by atoms with Crippen molar-refractivity contribution >= 4 is 21.8 Å². The van der Waals surface area contributed by atoms with Crippen LogP contribution in [0.15, 0.2) is 16.6 Å². The Labute approximate surface area is 120 Å². The SMILES string of the molecule is COC1CCN(C(=O)c2c(F)ccc(C)c2Br)CC1. The lowest BCUT2D eigenvalue weighted by atomic mass is 10.0. The molecule has 0 radical (unpaired) electrons. The number of piperidine rings is 1. The summed E-state index contributed by atoms with van der Waals surface area (Å²) >= 11 is 3.31. The van der Waals surface area contributed by atoms with Crippen LogP contribution < -0.4 is 0 Å². The smallest absolute Gasteiger partial charge is 0.257 e. The van der Waals surface area contributed by atoms with Gasteiger partial charge in [-0.05, 0) is 47.3 Å². The van der Waals surface area contributed by atoms with Crippen LogP contribution in [-0.4, -0.2) is 37.1 Å². The fourth-order valence-corrected chi connectivity index (χ4v) is 2.80. The Bertz CT molecular complexity index is 485. The minimum absolute atomic E-state index is 0.135. The van der Waals surface area contributed by atoms with E-state index in [2.05, 4.69) is 15.9 Å². The summed E-state index contributed by atoms with van der Waals surface area (Å²) in [6.07, 6.45) is 1.80. The molecule has 0 spiro atoms. The van der Waals surface area contributed by atoms with Crippen molar-refractivity contribution < 1.29 is 13.9 Å². The molecule has 5 heteroatoms. The molecule has 0 atom stereocenters. The molecule has 1 aliphatic rings. The lowest BCUT2D eigenvalue weighted by Crippen LogP contribution is -2.41. The maximum atomic E-state index is 13.9. The first kappa shape index (κ1) is 14.5. The maximum absolute atomic E-state index is 13.9. The number of carbonyl (C=O) groups is 1. The van der Waals surface area contributed by atoms with E-state index in [1.807, 2.05) is 6.92 Å². The summed E-state index contributed by atoms with van der Waals surface area (Å²) in [6.45, 7) is 3.06. The Hall–Kier alpha value is -0.940. The third kappa shape index (κ3) is 2.98. The molecule has 0 aromatic heterocycles. The molecule has 1 saturated heterocycles. The molecule has 104 valence electrons. The van der Waals surface area contributed by atoms with E-state index in [0.717, 1.165) is 18.4 Å². The number of halogens is 2. The molecule has 1 aromatic carbocycles. The molecule has 19 heavy (non-hydrogen) atoms. The van der Waals surface area contributed by atoms with Gasteiger partial charge in [0.15, 0.2) is 0 Å². The van der Waals surface area contributed by atoms with Crippen molar-refractivity contribution in [3.05, 3.63) is 33.5 Å². The van der Waals surface area contributed by atoms with Gasteiger partial charge in [0.2, 0.25) is 0 Å². The van der Waals surface area contributed by atoms with E-state index in [9.17, 15) is 9.18 Å². The quantitative estimate of drug-likeness (QED) is 0.834. The number of carbonyl (C=O) groups excluding carboxylic acids is 1. The van der Waals surface area contributed by atoms with Crippen molar-refractivity contribution in [1.82, 2.24) is 4.90 Å². The van der Waals surface area contributed by atoms with E-state index >= 15 is 0 Å². The van der Waals surface area contributed by atoms with Gasteiger partial charge in [0.1, 0.15) is 5.82 Å². The van der Waals surface area contributed by atoms with Crippen LogP contribution in [0.25, 0.3) is 0 Å². The zero-order valence-electron chi connectivity index (χ0n) is 11.1. The number of rotatable bonds is 2. The lowest BCUT2D eigenvalue weighted by Gasteiger charge is -2.31. The molecular formula is C14H17BrFNO2. The zero-order valence-corrected chi connectivity index (χ0v) is 12.7. The van der Waals surface area contributed by atoms with Gasteiger partial charge in [0.05, 0.1) is 11.7 Å². The number of aryl methyl sites for hydroxylation is 1. The van der Waals surface area contributed by atoms with Gasteiger partial charge in [0.25, 0.3) is 5.91 Å². The normalized spacial score (nSPS) is 16.7. The number of nitrogens with zero attached hydrogens (tertiary/aromatic N) is 1. The molecule has 1 fully saturated rings. The minimum atomic E-state index is -0.476. The molecule has 3 nitrogen and oxygen atoms in total. The van der Waals surface area contributed by atoms with E-state index in [0.29, 0.717) is 17.6 Å². The van der Waals surface area contributed by atoms with Crippen molar-refractivity contribution in [3.63, 3.8) is 0 Å². The molecule has 0 aliphatic carbocycles. The highest BCUT2D eigenvalue weighted by molar-refractivity contribution is 9.10. The minimum Gasteiger partial charge on any atom is -0.381 e. The second-order valence-electron chi connectivity index (χ2n) is 4.78. The van der Waals surface area contributed by atoms with E-state index in [4.69, 9.17) is 4.74 Å². The van der Waals surface area contributed by atoms with Gasteiger partial charge < -0.3 is 9.64 Å². The van der Waals surface area contributed by atoms with Crippen LogP contribution >= 0.6 is 15.9 Å². The number of amides is 1. The van der Waals surface area contributed by atoms with E-state index in [1.54, 1.807) is 18.1 Å². The van der Waals surface area contributed by atoms with Gasteiger partial charge in [-0.15, -0.1) is 0 Å². The summed E-state index contributed by atoms with van der Waals surface area (Å²) in [5.74, 6) is -0.723. The van der Waals surface area contributed by atoms with Crippen LogP contribution in [0.3, 0.4) is 0 Å². The number of hydrogen-bond donors (Lipinski definition) is 0. The molecule has 0 saturated carbocycles. The van der Waals surface area contributed by atoms with Crippen LogP contribution in [0.1, 0.15) is 28.8 Å². The molecule has 1 amide bonds. The van der Waals surface area contributed by atoms with E-state index in [-0.39, 0.29) is 17.6 Å². The predicted molar refractivity (Wildman–Crippen MR) is 74.8 cm³/mol. The highest BCUT2D eigenvalue weighted by atomic mass is 79.9. The number of ether oxygens (including phenoxy) is 1. The average Bonchev–Trinajstić information content (AvgIpc) is 2.43. The molecule has 1 aliphatic heterocycles. The number of likely N-dealkylation sites (tertiary alicyclic amines) is 1. The Morgan fingerprint density at radius 2 is 2.05 bits per heavy atom. The summed E-state index contributed by atoms with van der Waals surface area (Å²) in [4.78, 5) is 14.1. The molecule has 1 heterocycles. The number of hydrogen-bond acceptors (Lipinski definition) is 2. The fraction of sp³-hybridized carbons (Fsp3) is 0.500. The molecule has 2 rings (SSSR count). The second-order valence-corrected chi connectivity index (χ2v) is 5.57. The number of benzene rings is 1. The highest BCUT2D eigenvalue weighted by Gasteiger charge is 2.27. The van der Waals surface area contributed by atoms with E-state index in [1.165, 1.54) is 6.07 Å². The molecule has 1 aromatic rings. The largest absolute Gasteiger partial charge is 0.381 e. The van der Waals surface area contributed by atoms with Crippen molar-refractivity contribution in [2.45, 2.75) is 25.9 Å². The van der Waals surface area contributed by atoms with E-state index < -0.39 is 5.82 Å². The van der Waals surface area contributed by atoms with Crippen LogP contribution in [0.4, 0.5) is 4.39 Å². The third-order valence-electron chi connectivity index (χ3n) is 3.56. The molecule has 0 bridgehead atoms. The Morgan fingerprint density at radius 1 is 1.42 bits per heavy atom. The second kappa shape index (κ2) is 6.01. The van der Waals surface area contributed by atoms with Gasteiger partial charge in [-0.2, -0.15) is 0 Å². The lowest BCUT2D eigenvalue weighted by molar-refractivity contribution is 0.0348. The first-order valence-electron chi connectivity index (χ1n) is 6.31. The third-order valence-corrected chi connectivity index (χ3v) is 4.58. The van der Waals surface area contributed by atoms with Crippen molar-refractivity contribution in [3.8, 4) is 0 Å². The van der Waals surface area contributed by atoms with Gasteiger partial charge in [-0.25, -0.2) is 4.39 Å². The van der Waals surface area contributed by atoms with Gasteiger partial charge >= 0.3 is 0 Å². The number of methoxy groups -OCH3 is 1. The topological polar surface area (TPSA) is 29.5 Å². The molecular weight excluding hydrogens is 313 g/mol. The summed E-state index contributed by atoms with van der Waals surface area (Å²) < 4.78 is 19.7. The van der Waals surface area contributed by atoms with Crippen molar-refractivity contribution in [2.75, 3.05) is 20.2 Å². The Balaban J connectivity index is 2.19. The highest BCUT2D eigenvalue weighted by Crippen LogP contribution is 2.26. The van der Waals surface area contributed by atoms with Crippen LogP contribution in [0, 0.1) is 12.7 Å². The van der Waals surface area contributed by atoms with Crippen LogP contribution in [0.5, 0.6) is 0 Å². The fourth-order valence-electron chi connectivity index (χ4n) is 2.31. The first-order chi connectivity index (χ1) is 9.04. The summed E-state index contributed by atoms with van der Waals surface area (Å²) in [5, 5.41) is 0. The summed E-state index contributed by atoms with van der Waals surface area (Å²) in [5.41, 5.74) is 0.993. The zero-order chi connectivity index (χ0) is 14.0. The Kier molecular flexibility index (Phi) is 4.58. The average molecular weight is 330 g/mol. The van der Waals surface area contributed by atoms with Gasteiger partial charge in [0, 0.05) is 24.7 Å². The van der Waals surface area contributed by atoms with Crippen LogP contribution in [-0.2, 0) is 4.74 Å². The molecule has 0 unspecified atom stereocenters. The first-order valence-corrected chi connectivity index (χ1v) is 7.10.